The maximum atomic E-state index is 11.3. The molecule has 1 aromatic carbocycles. The first kappa shape index (κ1) is 12.9. The molecule has 0 aliphatic carbocycles. The highest BCUT2D eigenvalue weighted by molar-refractivity contribution is 7.89. The number of hydrogen-bond donors (Lipinski definition) is 1. The lowest BCUT2D eigenvalue weighted by Gasteiger charge is -2.03. The quantitative estimate of drug-likeness (QED) is 0.934. The number of nitrogens with zero attached hydrogens (tertiary/aromatic N) is 1. The molecule has 0 amide bonds. The Morgan fingerprint density at radius 3 is 2.67 bits per heavy atom. The first-order valence-corrected chi connectivity index (χ1v) is 7.49. The highest BCUT2D eigenvalue weighted by Crippen LogP contribution is 2.35. The Hall–Kier alpha value is -1.53. The van der Waals surface area contributed by atoms with Gasteiger partial charge >= 0.3 is 0 Å². The van der Waals surface area contributed by atoms with Crippen LogP contribution in [0.5, 0.6) is 0 Å². The van der Waals surface area contributed by atoms with Crippen LogP contribution in [-0.4, -0.2) is 19.8 Å². The van der Waals surface area contributed by atoms with E-state index in [2.05, 4.69) is 5.16 Å². The summed E-state index contributed by atoms with van der Waals surface area (Å²) in [6, 6.07) is 6.97. The molecule has 0 saturated carbocycles. The highest BCUT2D eigenvalue weighted by Gasteiger charge is 2.20. The van der Waals surface area contributed by atoms with Gasteiger partial charge in [-0.05, 0) is 6.07 Å². The summed E-state index contributed by atoms with van der Waals surface area (Å²) < 4.78 is 27.5. The van der Waals surface area contributed by atoms with Crippen LogP contribution >= 0.6 is 11.6 Å². The summed E-state index contributed by atoms with van der Waals surface area (Å²) in [4.78, 5) is 0. The molecule has 5 nitrogen and oxygen atoms in total. The first-order valence-electron chi connectivity index (χ1n) is 5.05. The van der Waals surface area contributed by atoms with Crippen LogP contribution in [0.2, 0.25) is 5.02 Å². The standard InChI is InChI=1S/C11H11ClN2O3S/c1-18(15,16)6-9-10(11(13)17-14-9)7-4-2-3-5-8(7)12/h2-5H,6,13H2,1H3. The van der Waals surface area contributed by atoms with E-state index in [1.807, 2.05) is 0 Å². The lowest BCUT2D eigenvalue weighted by Crippen LogP contribution is -2.02. The Morgan fingerprint density at radius 2 is 2.06 bits per heavy atom. The van der Waals surface area contributed by atoms with E-state index in [1.54, 1.807) is 24.3 Å². The van der Waals surface area contributed by atoms with E-state index in [0.717, 1.165) is 6.26 Å². The molecule has 2 rings (SSSR count). The van der Waals surface area contributed by atoms with Crippen molar-refractivity contribution in [1.29, 1.82) is 0 Å². The summed E-state index contributed by atoms with van der Waals surface area (Å²) in [6.07, 6.45) is 1.12. The zero-order chi connectivity index (χ0) is 13.3. The fourth-order valence-electron chi connectivity index (χ4n) is 1.64. The monoisotopic (exact) mass is 286 g/mol. The minimum Gasteiger partial charge on any atom is -0.367 e. The molecular formula is C11H11ClN2O3S. The number of nitrogen functional groups attached to an aromatic ring is 1. The molecule has 18 heavy (non-hydrogen) atoms. The molecule has 0 atom stereocenters. The fourth-order valence-corrected chi connectivity index (χ4v) is 2.56. The number of aromatic nitrogens is 1. The molecule has 0 radical (unpaired) electrons. The first-order chi connectivity index (χ1) is 8.38. The van der Waals surface area contributed by atoms with Gasteiger partial charge in [0.2, 0.25) is 5.88 Å². The molecule has 2 aromatic rings. The molecule has 0 fully saturated rings. The molecule has 1 heterocycles. The number of sulfone groups is 1. The lowest BCUT2D eigenvalue weighted by atomic mass is 10.1. The van der Waals surface area contributed by atoms with Gasteiger partial charge < -0.3 is 10.3 Å². The molecule has 0 aliphatic rings. The van der Waals surface area contributed by atoms with Gasteiger partial charge in [-0.3, -0.25) is 0 Å². The largest absolute Gasteiger partial charge is 0.367 e. The summed E-state index contributed by atoms with van der Waals surface area (Å²) in [5.41, 5.74) is 6.99. The Bertz CT molecular complexity index is 679. The molecule has 0 aliphatic heterocycles. The number of anilines is 1. The summed E-state index contributed by atoms with van der Waals surface area (Å²) in [7, 11) is -3.23. The van der Waals surface area contributed by atoms with Crippen molar-refractivity contribution in [1.82, 2.24) is 5.16 Å². The summed E-state index contributed by atoms with van der Waals surface area (Å²) in [5.74, 6) is -0.185. The van der Waals surface area contributed by atoms with Crippen LogP contribution in [0.4, 0.5) is 5.88 Å². The minimum atomic E-state index is -3.23. The maximum Gasteiger partial charge on any atom is 0.230 e. The predicted molar refractivity (Wildman–Crippen MR) is 69.9 cm³/mol. The lowest BCUT2D eigenvalue weighted by molar-refractivity contribution is 0.430. The van der Waals surface area contributed by atoms with E-state index in [9.17, 15) is 8.42 Å². The third-order valence-electron chi connectivity index (χ3n) is 2.33. The molecular weight excluding hydrogens is 276 g/mol. The van der Waals surface area contributed by atoms with Crippen LogP contribution in [0.3, 0.4) is 0 Å². The van der Waals surface area contributed by atoms with Crippen molar-refractivity contribution < 1.29 is 12.9 Å². The van der Waals surface area contributed by atoms with Crippen LogP contribution in [-0.2, 0) is 15.6 Å². The van der Waals surface area contributed by atoms with Gasteiger partial charge in [0.15, 0.2) is 9.84 Å². The molecule has 0 unspecified atom stereocenters. The molecule has 0 spiro atoms. The van der Waals surface area contributed by atoms with Crippen molar-refractivity contribution in [3.05, 3.63) is 35.0 Å². The zero-order valence-electron chi connectivity index (χ0n) is 9.55. The topological polar surface area (TPSA) is 86.2 Å². The zero-order valence-corrected chi connectivity index (χ0v) is 11.1. The van der Waals surface area contributed by atoms with E-state index < -0.39 is 9.84 Å². The second-order valence-corrected chi connectivity index (χ2v) is 6.47. The Morgan fingerprint density at radius 1 is 1.39 bits per heavy atom. The van der Waals surface area contributed by atoms with Crippen molar-refractivity contribution >= 4 is 27.3 Å². The average Bonchev–Trinajstić information content (AvgIpc) is 2.59. The van der Waals surface area contributed by atoms with E-state index in [4.69, 9.17) is 21.9 Å². The Kier molecular flexibility index (Phi) is 3.32. The van der Waals surface area contributed by atoms with Crippen LogP contribution in [0.25, 0.3) is 11.1 Å². The van der Waals surface area contributed by atoms with Gasteiger partial charge in [0.25, 0.3) is 0 Å². The van der Waals surface area contributed by atoms with E-state index in [0.29, 0.717) is 16.1 Å². The van der Waals surface area contributed by atoms with Crippen LogP contribution < -0.4 is 5.73 Å². The fraction of sp³-hybridized carbons (Fsp3) is 0.182. The molecule has 0 saturated heterocycles. The number of halogens is 1. The average molecular weight is 287 g/mol. The van der Waals surface area contributed by atoms with Crippen molar-refractivity contribution in [2.75, 3.05) is 12.0 Å². The van der Waals surface area contributed by atoms with Crippen LogP contribution in [0, 0.1) is 0 Å². The van der Waals surface area contributed by atoms with E-state index >= 15 is 0 Å². The molecule has 1 aromatic heterocycles. The molecule has 7 heteroatoms. The maximum absolute atomic E-state index is 11.3. The van der Waals surface area contributed by atoms with Crippen LogP contribution in [0.15, 0.2) is 28.8 Å². The third-order valence-corrected chi connectivity index (χ3v) is 3.46. The summed E-state index contributed by atoms with van der Waals surface area (Å²) in [6.45, 7) is 0. The Labute approximate surface area is 109 Å². The van der Waals surface area contributed by atoms with Crippen molar-refractivity contribution in [3.8, 4) is 11.1 Å². The number of benzene rings is 1. The van der Waals surface area contributed by atoms with Gasteiger partial charge in [-0.25, -0.2) is 8.42 Å². The smallest absolute Gasteiger partial charge is 0.230 e. The summed E-state index contributed by atoms with van der Waals surface area (Å²) in [5, 5.41) is 4.14. The predicted octanol–water partition coefficient (Wildman–Crippen LogP) is 2.12. The van der Waals surface area contributed by atoms with Gasteiger partial charge in [-0.1, -0.05) is 35.0 Å². The van der Waals surface area contributed by atoms with Gasteiger partial charge in [0.1, 0.15) is 5.69 Å². The minimum absolute atomic E-state index is 0.0572. The van der Waals surface area contributed by atoms with Gasteiger partial charge in [-0.15, -0.1) is 0 Å². The SMILES string of the molecule is CS(=O)(=O)Cc1noc(N)c1-c1ccccc1Cl. The van der Waals surface area contributed by atoms with Crippen molar-refractivity contribution in [2.45, 2.75) is 5.75 Å². The van der Waals surface area contributed by atoms with E-state index in [-0.39, 0.29) is 17.3 Å². The highest BCUT2D eigenvalue weighted by atomic mass is 35.5. The molecule has 96 valence electrons. The second kappa shape index (κ2) is 4.62. The number of nitrogens with two attached hydrogens (primary N) is 1. The third kappa shape index (κ3) is 2.65. The van der Waals surface area contributed by atoms with Gasteiger partial charge in [0.05, 0.1) is 11.3 Å². The second-order valence-electron chi connectivity index (χ2n) is 3.92. The number of hydrogen-bond acceptors (Lipinski definition) is 5. The summed E-state index contributed by atoms with van der Waals surface area (Å²) >= 11 is 6.06. The van der Waals surface area contributed by atoms with E-state index in [1.165, 1.54) is 0 Å². The van der Waals surface area contributed by atoms with Crippen LogP contribution in [0.1, 0.15) is 5.69 Å². The van der Waals surface area contributed by atoms with Gasteiger partial charge in [0, 0.05) is 16.8 Å². The normalized spacial score (nSPS) is 11.7. The number of rotatable bonds is 3. The van der Waals surface area contributed by atoms with Crippen molar-refractivity contribution in [2.24, 2.45) is 0 Å². The molecule has 0 bridgehead atoms. The van der Waals surface area contributed by atoms with Gasteiger partial charge in [-0.2, -0.15) is 0 Å². The molecule has 2 N–H and O–H groups in total. The Balaban J connectivity index is 2.58. The van der Waals surface area contributed by atoms with Crippen molar-refractivity contribution in [3.63, 3.8) is 0 Å².